The number of benzene rings is 2. The van der Waals surface area contributed by atoms with E-state index < -0.39 is 18.0 Å². The van der Waals surface area contributed by atoms with Gasteiger partial charge in [-0.05, 0) is 30.7 Å². The number of aromatic nitrogens is 1. The molecule has 2 heterocycles. The van der Waals surface area contributed by atoms with Crippen molar-refractivity contribution in [1.82, 2.24) is 4.57 Å². The zero-order chi connectivity index (χ0) is 23.7. The molecule has 1 aliphatic rings. The van der Waals surface area contributed by atoms with E-state index in [9.17, 15) is 14.4 Å². The summed E-state index contributed by atoms with van der Waals surface area (Å²) in [6.07, 6.45) is 1.64. The van der Waals surface area contributed by atoms with Gasteiger partial charge >= 0.3 is 11.9 Å². The molecule has 0 fully saturated rings. The number of methoxy groups -OCH3 is 1. The molecular weight excluding hydrogens is 464 g/mol. The highest BCUT2D eigenvalue weighted by Gasteiger charge is 2.34. The average Bonchev–Trinajstić information content (AvgIpc) is 3.08. The molecule has 0 radical (unpaired) electrons. The summed E-state index contributed by atoms with van der Waals surface area (Å²) in [7, 11) is 1.28. The highest BCUT2D eigenvalue weighted by atomic mass is 35.5. The number of rotatable bonds is 4. The van der Waals surface area contributed by atoms with Gasteiger partial charge in [0.05, 0.1) is 22.9 Å². The summed E-state index contributed by atoms with van der Waals surface area (Å²) < 4.78 is 12.1. The SMILES string of the molecule is COC(=O)C1=C(C)N=c2s/c(=C\c3ccccc3OC(C)=O)c(=O)n2C1c1ccccc1Cl. The number of ether oxygens (including phenoxy) is 2. The van der Waals surface area contributed by atoms with E-state index >= 15 is 0 Å². The summed E-state index contributed by atoms with van der Waals surface area (Å²) in [6, 6.07) is 13.1. The minimum absolute atomic E-state index is 0.241. The van der Waals surface area contributed by atoms with Crippen molar-refractivity contribution < 1.29 is 19.1 Å². The third-order valence-corrected chi connectivity index (χ3v) is 6.41. The molecule has 1 atom stereocenters. The van der Waals surface area contributed by atoms with Crippen LogP contribution in [0, 0.1) is 0 Å². The van der Waals surface area contributed by atoms with E-state index in [0.29, 0.717) is 36.9 Å². The fourth-order valence-electron chi connectivity index (χ4n) is 3.67. The van der Waals surface area contributed by atoms with Crippen LogP contribution in [0.15, 0.2) is 69.6 Å². The summed E-state index contributed by atoms with van der Waals surface area (Å²) in [5, 5.41) is 0.411. The largest absolute Gasteiger partial charge is 0.466 e. The molecule has 0 amide bonds. The molecule has 0 aliphatic carbocycles. The molecule has 9 heteroatoms. The van der Waals surface area contributed by atoms with Crippen molar-refractivity contribution in [1.29, 1.82) is 0 Å². The molecule has 4 rings (SSSR count). The summed E-state index contributed by atoms with van der Waals surface area (Å²) in [4.78, 5) is 42.6. The number of para-hydroxylation sites is 1. The van der Waals surface area contributed by atoms with Crippen LogP contribution in [0.4, 0.5) is 0 Å². The summed E-state index contributed by atoms with van der Waals surface area (Å²) >= 11 is 7.64. The van der Waals surface area contributed by atoms with Gasteiger partial charge in [-0.1, -0.05) is 59.3 Å². The number of carbonyl (C=O) groups is 2. The van der Waals surface area contributed by atoms with Gasteiger partial charge < -0.3 is 9.47 Å². The van der Waals surface area contributed by atoms with Gasteiger partial charge in [0.2, 0.25) is 0 Å². The van der Waals surface area contributed by atoms with Crippen LogP contribution in [-0.4, -0.2) is 23.6 Å². The zero-order valence-electron chi connectivity index (χ0n) is 18.0. The van der Waals surface area contributed by atoms with Gasteiger partial charge in [0.25, 0.3) is 5.56 Å². The number of halogens is 1. The van der Waals surface area contributed by atoms with Gasteiger partial charge in [-0.3, -0.25) is 14.2 Å². The van der Waals surface area contributed by atoms with Gasteiger partial charge in [-0.25, -0.2) is 9.79 Å². The van der Waals surface area contributed by atoms with Crippen LogP contribution in [0.5, 0.6) is 5.75 Å². The van der Waals surface area contributed by atoms with Crippen LogP contribution in [0.3, 0.4) is 0 Å². The number of thiazole rings is 1. The van der Waals surface area contributed by atoms with E-state index in [1.54, 1.807) is 61.5 Å². The lowest BCUT2D eigenvalue weighted by molar-refractivity contribution is -0.136. The van der Waals surface area contributed by atoms with Crippen molar-refractivity contribution in [2.75, 3.05) is 7.11 Å². The van der Waals surface area contributed by atoms with Crippen molar-refractivity contribution in [2.45, 2.75) is 19.9 Å². The highest BCUT2D eigenvalue weighted by molar-refractivity contribution is 7.07. The molecule has 33 heavy (non-hydrogen) atoms. The quantitative estimate of drug-likeness (QED) is 0.421. The molecule has 2 aromatic carbocycles. The van der Waals surface area contributed by atoms with Gasteiger partial charge in [0.15, 0.2) is 4.80 Å². The van der Waals surface area contributed by atoms with E-state index in [0.717, 1.165) is 0 Å². The van der Waals surface area contributed by atoms with E-state index in [4.69, 9.17) is 21.1 Å². The Labute approximate surface area is 197 Å². The Kier molecular flexibility index (Phi) is 6.31. The second-order valence-electron chi connectivity index (χ2n) is 7.23. The molecule has 0 spiro atoms. The Balaban J connectivity index is 1.98. The maximum atomic E-state index is 13.6. The van der Waals surface area contributed by atoms with Crippen LogP contribution in [0.25, 0.3) is 6.08 Å². The van der Waals surface area contributed by atoms with Crippen molar-refractivity contribution in [3.8, 4) is 5.75 Å². The third-order valence-electron chi connectivity index (χ3n) is 5.09. The molecule has 3 aromatic rings. The number of esters is 2. The number of hydrogen-bond acceptors (Lipinski definition) is 7. The lowest BCUT2D eigenvalue weighted by atomic mass is 9.96. The Hall–Kier alpha value is -3.49. The topological polar surface area (TPSA) is 87.0 Å². The number of nitrogens with zero attached hydrogens (tertiary/aromatic N) is 2. The van der Waals surface area contributed by atoms with E-state index in [1.807, 2.05) is 0 Å². The van der Waals surface area contributed by atoms with E-state index in [2.05, 4.69) is 4.99 Å². The lowest BCUT2D eigenvalue weighted by Gasteiger charge is -2.25. The monoisotopic (exact) mass is 482 g/mol. The Morgan fingerprint density at radius 3 is 2.55 bits per heavy atom. The van der Waals surface area contributed by atoms with Crippen LogP contribution >= 0.6 is 22.9 Å². The van der Waals surface area contributed by atoms with Crippen LogP contribution in [0.2, 0.25) is 5.02 Å². The van der Waals surface area contributed by atoms with Gasteiger partial charge in [0.1, 0.15) is 11.8 Å². The fourth-order valence-corrected chi connectivity index (χ4v) is 4.95. The average molecular weight is 483 g/mol. The smallest absolute Gasteiger partial charge is 0.338 e. The molecule has 1 aromatic heterocycles. The molecule has 0 bridgehead atoms. The number of allylic oxidation sites excluding steroid dienone is 1. The maximum absolute atomic E-state index is 13.6. The minimum atomic E-state index is -0.798. The van der Waals surface area contributed by atoms with Gasteiger partial charge in [-0.2, -0.15) is 0 Å². The third kappa shape index (κ3) is 4.27. The van der Waals surface area contributed by atoms with Crippen LogP contribution in [0.1, 0.15) is 31.0 Å². The standard InChI is InChI=1S/C24H19ClN2O5S/c1-13-20(23(30)31-3)21(16-9-5-6-10-17(16)25)27-22(29)19(33-24(27)26-13)12-15-8-4-7-11-18(15)32-14(2)28/h4-12,21H,1-3H3/b19-12-. The first-order chi connectivity index (χ1) is 15.8. The maximum Gasteiger partial charge on any atom is 0.338 e. The lowest BCUT2D eigenvalue weighted by Crippen LogP contribution is -2.39. The van der Waals surface area contributed by atoms with Crippen molar-refractivity contribution in [3.05, 3.63) is 95.6 Å². The van der Waals surface area contributed by atoms with E-state index in [-0.39, 0.29) is 11.1 Å². The van der Waals surface area contributed by atoms with E-state index in [1.165, 1.54) is 29.9 Å². The van der Waals surface area contributed by atoms with Crippen LogP contribution < -0.4 is 19.6 Å². The predicted octanol–water partition coefficient (Wildman–Crippen LogP) is 2.99. The minimum Gasteiger partial charge on any atom is -0.466 e. The van der Waals surface area contributed by atoms with Crippen molar-refractivity contribution in [2.24, 2.45) is 4.99 Å². The molecule has 1 unspecified atom stereocenters. The second kappa shape index (κ2) is 9.17. The Bertz CT molecular complexity index is 1480. The molecule has 0 N–H and O–H groups in total. The first-order valence-electron chi connectivity index (χ1n) is 9.94. The predicted molar refractivity (Wildman–Crippen MR) is 125 cm³/mol. The molecule has 7 nitrogen and oxygen atoms in total. The van der Waals surface area contributed by atoms with Gasteiger partial charge in [-0.15, -0.1) is 0 Å². The number of fused-ring (bicyclic) bond motifs is 1. The van der Waals surface area contributed by atoms with Crippen molar-refractivity contribution >= 4 is 41.0 Å². The molecule has 1 aliphatic heterocycles. The molecule has 168 valence electrons. The molecule has 0 saturated carbocycles. The highest BCUT2D eigenvalue weighted by Crippen LogP contribution is 2.34. The fraction of sp³-hybridized carbons (Fsp3) is 0.167. The summed E-state index contributed by atoms with van der Waals surface area (Å²) in [5.41, 5.74) is 1.48. The van der Waals surface area contributed by atoms with Crippen molar-refractivity contribution in [3.63, 3.8) is 0 Å². The first-order valence-corrected chi connectivity index (χ1v) is 11.1. The normalized spacial score (nSPS) is 15.6. The second-order valence-corrected chi connectivity index (χ2v) is 8.64. The first kappa shape index (κ1) is 22.7. The van der Waals surface area contributed by atoms with Crippen LogP contribution in [-0.2, 0) is 14.3 Å². The summed E-state index contributed by atoms with van der Waals surface area (Å²) in [5.74, 6) is -0.713. The Morgan fingerprint density at radius 1 is 1.15 bits per heavy atom. The molecular formula is C24H19ClN2O5S. The number of hydrogen-bond donors (Lipinski definition) is 0. The molecule has 0 saturated heterocycles. The Morgan fingerprint density at radius 2 is 1.85 bits per heavy atom. The zero-order valence-corrected chi connectivity index (χ0v) is 19.6. The van der Waals surface area contributed by atoms with Gasteiger partial charge in [0, 0.05) is 17.5 Å². The number of carbonyl (C=O) groups excluding carboxylic acids is 2. The summed E-state index contributed by atoms with van der Waals surface area (Å²) in [6.45, 7) is 3.01.